The lowest BCUT2D eigenvalue weighted by molar-refractivity contribution is -0.124. The zero-order chi connectivity index (χ0) is 14.6. The summed E-state index contributed by atoms with van der Waals surface area (Å²) in [5.74, 6) is 2.14. The largest absolute Gasteiger partial charge is 0.444 e. The Hall–Kier alpha value is -1.70. The summed E-state index contributed by atoms with van der Waals surface area (Å²) in [6.07, 6.45) is 5.49. The molecule has 1 rings (SSSR count). The molecule has 1 aliphatic rings. The first kappa shape index (κ1) is 15.4. The Kier molecular flexibility index (Phi) is 4.82. The van der Waals surface area contributed by atoms with Crippen LogP contribution in [0, 0.1) is 18.3 Å². The van der Waals surface area contributed by atoms with E-state index < -0.39 is 5.60 Å². The lowest BCUT2D eigenvalue weighted by Gasteiger charge is -2.24. The average molecular weight is 266 g/mol. The molecule has 1 aliphatic heterocycles. The first-order valence-electron chi connectivity index (χ1n) is 6.47. The van der Waals surface area contributed by atoms with Gasteiger partial charge >= 0.3 is 6.09 Å². The summed E-state index contributed by atoms with van der Waals surface area (Å²) >= 11 is 0. The predicted octanol–water partition coefficient (Wildman–Crippen LogP) is 1.38. The number of rotatable bonds is 2. The van der Waals surface area contributed by atoms with Gasteiger partial charge in [-0.15, -0.1) is 6.42 Å². The molecule has 19 heavy (non-hydrogen) atoms. The Bertz CT molecular complexity index is 392. The third-order valence-corrected chi connectivity index (χ3v) is 2.82. The van der Waals surface area contributed by atoms with E-state index in [0.717, 1.165) is 0 Å². The van der Waals surface area contributed by atoms with E-state index in [1.165, 1.54) is 0 Å². The van der Waals surface area contributed by atoms with Crippen LogP contribution in [-0.2, 0) is 9.53 Å². The van der Waals surface area contributed by atoms with Crippen LogP contribution >= 0.6 is 0 Å². The fraction of sp³-hybridized carbons (Fsp3) is 0.714. The van der Waals surface area contributed by atoms with Crippen LogP contribution in [0.15, 0.2) is 0 Å². The Morgan fingerprint density at radius 1 is 1.47 bits per heavy atom. The number of ether oxygens (including phenoxy) is 1. The second-order valence-electron chi connectivity index (χ2n) is 5.81. The highest BCUT2D eigenvalue weighted by molar-refractivity contribution is 5.81. The molecule has 0 aromatic rings. The van der Waals surface area contributed by atoms with Crippen LogP contribution in [0.3, 0.4) is 0 Å². The minimum atomic E-state index is -0.518. The van der Waals surface area contributed by atoms with Gasteiger partial charge in [0.05, 0.1) is 12.0 Å². The molecule has 0 spiro atoms. The van der Waals surface area contributed by atoms with E-state index >= 15 is 0 Å². The summed E-state index contributed by atoms with van der Waals surface area (Å²) in [6.45, 7) is 8.13. The monoisotopic (exact) mass is 266 g/mol. The van der Waals surface area contributed by atoms with Crippen LogP contribution < -0.4 is 5.32 Å². The summed E-state index contributed by atoms with van der Waals surface area (Å²) in [5.41, 5.74) is -0.518. The summed E-state index contributed by atoms with van der Waals surface area (Å²) < 4.78 is 5.27. The molecule has 1 fully saturated rings. The van der Waals surface area contributed by atoms with Crippen molar-refractivity contribution in [3.8, 4) is 12.3 Å². The van der Waals surface area contributed by atoms with E-state index in [2.05, 4.69) is 11.2 Å². The van der Waals surface area contributed by atoms with Crippen molar-refractivity contribution < 1.29 is 14.3 Å². The van der Waals surface area contributed by atoms with Gasteiger partial charge in [0.1, 0.15) is 5.60 Å². The second-order valence-corrected chi connectivity index (χ2v) is 5.81. The van der Waals surface area contributed by atoms with Crippen LogP contribution in [0.5, 0.6) is 0 Å². The third-order valence-electron chi connectivity index (χ3n) is 2.82. The first-order chi connectivity index (χ1) is 8.73. The van der Waals surface area contributed by atoms with Crippen LogP contribution in [-0.4, -0.2) is 41.6 Å². The van der Waals surface area contributed by atoms with Crippen molar-refractivity contribution in [2.75, 3.05) is 13.1 Å². The molecule has 5 nitrogen and oxygen atoms in total. The van der Waals surface area contributed by atoms with Crippen LogP contribution in [0.25, 0.3) is 0 Å². The van der Waals surface area contributed by atoms with Gasteiger partial charge in [-0.1, -0.05) is 5.92 Å². The molecule has 0 bridgehead atoms. The Balaban J connectivity index is 2.48. The van der Waals surface area contributed by atoms with Crippen molar-refractivity contribution in [2.24, 2.45) is 5.92 Å². The van der Waals surface area contributed by atoms with Crippen molar-refractivity contribution >= 4 is 12.0 Å². The standard InChI is InChI=1S/C14H22N2O3/c1-6-10(2)15-12(17)11-7-8-16(9-11)13(18)19-14(3,4)5/h1,10-11H,7-9H2,2-5H3,(H,15,17). The molecule has 2 amide bonds. The molecule has 106 valence electrons. The van der Waals surface area contributed by atoms with Crippen molar-refractivity contribution in [2.45, 2.75) is 45.8 Å². The molecular formula is C14H22N2O3. The van der Waals surface area contributed by atoms with Gasteiger partial charge in [-0.2, -0.15) is 0 Å². The number of hydrogen-bond donors (Lipinski definition) is 1. The molecule has 1 heterocycles. The summed E-state index contributed by atoms with van der Waals surface area (Å²) in [5, 5.41) is 2.73. The van der Waals surface area contributed by atoms with Gasteiger partial charge in [-0.25, -0.2) is 4.79 Å². The Labute approximate surface area is 114 Å². The number of carbonyl (C=O) groups excluding carboxylic acids is 2. The minimum Gasteiger partial charge on any atom is -0.444 e. The van der Waals surface area contributed by atoms with Gasteiger partial charge in [-0.05, 0) is 34.1 Å². The Morgan fingerprint density at radius 3 is 2.63 bits per heavy atom. The number of nitrogens with zero attached hydrogens (tertiary/aromatic N) is 1. The lowest BCUT2D eigenvalue weighted by atomic mass is 10.1. The molecule has 0 aliphatic carbocycles. The maximum absolute atomic E-state index is 11.9. The van der Waals surface area contributed by atoms with Crippen molar-refractivity contribution in [1.82, 2.24) is 10.2 Å². The van der Waals surface area contributed by atoms with Gasteiger partial charge < -0.3 is 15.0 Å². The van der Waals surface area contributed by atoms with Gasteiger partial charge in [0, 0.05) is 13.1 Å². The SMILES string of the molecule is C#CC(C)NC(=O)C1CCN(C(=O)OC(C)(C)C)C1. The number of hydrogen-bond acceptors (Lipinski definition) is 3. The molecule has 0 radical (unpaired) electrons. The van der Waals surface area contributed by atoms with Gasteiger partial charge in [-0.3, -0.25) is 4.79 Å². The molecule has 1 N–H and O–H groups in total. The van der Waals surface area contributed by atoms with E-state index in [1.807, 2.05) is 20.8 Å². The van der Waals surface area contributed by atoms with Gasteiger partial charge in [0.25, 0.3) is 0 Å². The fourth-order valence-electron chi connectivity index (χ4n) is 1.84. The van der Waals surface area contributed by atoms with E-state index in [4.69, 9.17) is 11.2 Å². The topological polar surface area (TPSA) is 58.6 Å². The molecule has 2 atom stereocenters. The number of nitrogens with one attached hydrogen (secondary N) is 1. The van der Waals surface area contributed by atoms with E-state index in [0.29, 0.717) is 19.5 Å². The van der Waals surface area contributed by atoms with Gasteiger partial charge in [0.2, 0.25) is 5.91 Å². The predicted molar refractivity (Wildman–Crippen MR) is 72.4 cm³/mol. The van der Waals surface area contributed by atoms with Crippen molar-refractivity contribution in [3.05, 3.63) is 0 Å². The van der Waals surface area contributed by atoms with Crippen LogP contribution in [0.1, 0.15) is 34.1 Å². The normalized spacial score (nSPS) is 20.6. The number of likely N-dealkylation sites (tertiary alicyclic amines) is 1. The third kappa shape index (κ3) is 4.82. The molecule has 2 unspecified atom stereocenters. The Morgan fingerprint density at radius 2 is 2.11 bits per heavy atom. The maximum atomic E-state index is 11.9. The van der Waals surface area contributed by atoms with E-state index in [1.54, 1.807) is 11.8 Å². The summed E-state index contributed by atoms with van der Waals surface area (Å²) in [4.78, 5) is 25.3. The number of carbonyl (C=O) groups is 2. The van der Waals surface area contributed by atoms with E-state index in [9.17, 15) is 9.59 Å². The van der Waals surface area contributed by atoms with Crippen molar-refractivity contribution in [1.29, 1.82) is 0 Å². The summed E-state index contributed by atoms with van der Waals surface area (Å²) in [6, 6.07) is -0.289. The highest BCUT2D eigenvalue weighted by Crippen LogP contribution is 2.19. The molecular weight excluding hydrogens is 244 g/mol. The number of terminal acetylenes is 1. The zero-order valence-electron chi connectivity index (χ0n) is 12.0. The lowest BCUT2D eigenvalue weighted by Crippen LogP contribution is -2.39. The molecule has 0 aromatic carbocycles. The van der Waals surface area contributed by atoms with Crippen molar-refractivity contribution in [3.63, 3.8) is 0 Å². The number of amides is 2. The molecule has 0 aromatic heterocycles. The summed E-state index contributed by atoms with van der Waals surface area (Å²) in [7, 11) is 0. The molecule has 0 saturated carbocycles. The molecule has 1 saturated heterocycles. The van der Waals surface area contributed by atoms with Gasteiger partial charge in [0.15, 0.2) is 0 Å². The highest BCUT2D eigenvalue weighted by Gasteiger charge is 2.33. The zero-order valence-corrected chi connectivity index (χ0v) is 12.0. The quantitative estimate of drug-likeness (QED) is 0.768. The highest BCUT2D eigenvalue weighted by atomic mass is 16.6. The molecule has 5 heteroatoms. The van der Waals surface area contributed by atoms with Crippen LogP contribution in [0.2, 0.25) is 0 Å². The van der Waals surface area contributed by atoms with Crippen LogP contribution in [0.4, 0.5) is 4.79 Å². The fourth-order valence-corrected chi connectivity index (χ4v) is 1.84. The average Bonchev–Trinajstić information content (AvgIpc) is 2.75. The second kappa shape index (κ2) is 5.96. The maximum Gasteiger partial charge on any atom is 0.410 e. The van der Waals surface area contributed by atoms with E-state index in [-0.39, 0.29) is 24.0 Å². The smallest absolute Gasteiger partial charge is 0.410 e. The first-order valence-corrected chi connectivity index (χ1v) is 6.47. The minimum absolute atomic E-state index is 0.100.